The van der Waals surface area contributed by atoms with Gasteiger partial charge in [-0.2, -0.15) is 0 Å². The van der Waals surface area contributed by atoms with Crippen LogP contribution in [0.2, 0.25) is 0 Å². The number of hydrogen-bond acceptors (Lipinski definition) is 2. The molecule has 0 saturated carbocycles. The monoisotopic (exact) mass is 250 g/mol. The molecular formula is C14H22N2O2. The second kappa shape index (κ2) is 6.40. The van der Waals surface area contributed by atoms with Gasteiger partial charge in [0.2, 0.25) is 0 Å². The fraction of sp³-hybridized carbons (Fsp3) is 0.500. The normalized spacial score (nSPS) is 11.1. The van der Waals surface area contributed by atoms with Gasteiger partial charge in [-0.15, -0.1) is 0 Å². The van der Waals surface area contributed by atoms with Gasteiger partial charge in [-0.25, -0.2) is 4.79 Å². The van der Waals surface area contributed by atoms with Gasteiger partial charge in [-0.05, 0) is 18.1 Å². The quantitative estimate of drug-likeness (QED) is 0.742. The Morgan fingerprint density at radius 3 is 2.56 bits per heavy atom. The van der Waals surface area contributed by atoms with Crippen molar-refractivity contribution in [1.29, 1.82) is 0 Å². The summed E-state index contributed by atoms with van der Waals surface area (Å²) in [5.41, 5.74) is 2.33. The fourth-order valence-electron chi connectivity index (χ4n) is 1.96. The number of carbonyl (C=O) groups is 1. The van der Waals surface area contributed by atoms with Crippen LogP contribution in [-0.4, -0.2) is 30.8 Å². The topological polar surface area (TPSA) is 61.4 Å². The predicted molar refractivity (Wildman–Crippen MR) is 72.7 cm³/mol. The number of aliphatic hydroxyl groups excluding tert-OH is 1. The van der Waals surface area contributed by atoms with E-state index in [1.54, 1.807) is 0 Å². The first-order valence-electron chi connectivity index (χ1n) is 6.16. The number of nitrogens with one attached hydrogen (secondary N) is 2. The number of benzene rings is 1. The van der Waals surface area contributed by atoms with Crippen molar-refractivity contribution in [2.45, 2.75) is 26.2 Å². The minimum atomic E-state index is -0.245. The van der Waals surface area contributed by atoms with Crippen LogP contribution >= 0.6 is 0 Å². The third-order valence-electron chi connectivity index (χ3n) is 2.96. The zero-order chi connectivity index (χ0) is 13.6. The molecule has 0 heterocycles. The molecule has 1 rings (SSSR count). The Morgan fingerprint density at radius 2 is 1.94 bits per heavy atom. The molecule has 0 aromatic heterocycles. The Labute approximate surface area is 108 Å². The summed E-state index contributed by atoms with van der Waals surface area (Å²) >= 11 is 0. The Balaban J connectivity index is 2.60. The first-order valence-corrected chi connectivity index (χ1v) is 6.16. The molecule has 0 atom stereocenters. The molecule has 4 heteroatoms. The molecule has 100 valence electrons. The van der Waals surface area contributed by atoms with Crippen LogP contribution in [0.15, 0.2) is 24.3 Å². The number of aliphatic hydroxyl groups is 1. The number of aryl methyl sites for hydroxylation is 1. The van der Waals surface area contributed by atoms with Crippen molar-refractivity contribution < 1.29 is 9.90 Å². The molecule has 0 bridgehead atoms. The molecule has 0 spiro atoms. The maximum atomic E-state index is 11.4. The lowest BCUT2D eigenvalue weighted by molar-refractivity contribution is 0.232. The van der Waals surface area contributed by atoms with E-state index in [1.165, 1.54) is 11.1 Å². The Morgan fingerprint density at radius 1 is 1.28 bits per heavy atom. The van der Waals surface area contributed by atoms with E-state index < -0.39 is 0 Å². The van der Waals surface area contributed by atoms with Crippen molar-refractivity contribution in [2.75, 3.05) is 19.7 Å². The van der Waals surface area contributed by atoms with Crippen molar-refractivity contribution in [1.82, 2.24) is 10.6 Å². The fourth-order valence-corrected chi connectivity index (χ4v) is 1.96. The van der Waals surface area contributed by atoms with Crippen molar-refractivity contribution in [3.63, 3.8) is 0 Å². The number of carbonyl (C=O) groups excluding carboxylic acids is 1. The van der Waals surface area contributed by atoms with Crippen molar-refractivity contribution in [2.24, 2.45) is 0 Å². The van der Waals surface area contributed by atoms with E-state index in [0.717, 1.165) is 0 Å². The number of hydrogen-bond donors (Lipinski definition) is 3. The van der Waals surface area contributed by atoms with Gasteiger partial charge in [-0.1, -0.05) is 38.1 Å². The lowest BCUT2D eigenvalue weighted by Gasteiger charge is -2.27. The molecule has 0 unspecified atom stereocenters. The Kier molecular flexibility index (Phi) is 5.16. The zero-order valence-corrected chi connectivity index (χ0v) is 11.3. The second-order valence-corrected chi connectivity index (χ2v) is 5.03. The number of amides is 2. The molecule has 0 aliphatic heterocycles. The van der Waals surface area contributed by atoms with Crippen LogP contribution in [0.5, 0.6) is 0 Å². The van der Waals surface area contributed by atoms with E-state index in [2.05, 4.69) is 43.5 Å². The van der Waals surface area contributed by atoms with Crippen LogP contribution in [-0.2, 0) is 5.41 Å². The molecule has 1 aromatic rings. The van der Waals surface area contributed by atoms with Gasteiger partial charge in [0.05, 0.1) is 6.61 Å². The van der Waals surface area contributed by atoms with Crippen LogP contribution in [0, 0.1) is 6.92 Å². The molecule has 3 N–H and O–H groups in total. The van der Waals surface area contributed by atoms with Crippen molar-refractivity contribution in [3.8, 4) is 0 Å². The van der Waals surface area contributed by atoms with Crippen LogP contribution in [0.4, 0.5) is 4.79 Å². The zero-order valence-electron chi connectivity index (χ0n) is 11.3. The van der Waals surface area contributed by atoms with Gasteiger partial charge in [0.15, 0.2) is 0 Å². The van der Waals surface area contributed by atoms with Crippen LogP contribution in [0.3, 0.4) is 0 Å². The lowest BCUT2D eigenvalue weighted by atomic mass is 9.82. The SMILES string of the molecule is Cc1ccccc1C(C)(C)CNC(=O)NCCO. The predicted octanol–water partition coefficient (Wildman–Crippen LogP) is 1.56. The average molecular weight is 250 g/mol. The highest BCUT2D eigenvalue weighted by Gasteiger charge is 2.22. The molecule has 2 amide bonds. The highest BCUT2D eigenvalue weighted by Crippen LogP contribution is 2.25. The van der Waals surface area contributed by atoms with Crippen molar-refractivity contribution in [3.05, 3.63) is 35.4 Å². The van der Waals surface area contributed by atoms with Gasteiger partial charge in [0, 0.05) is 18.5 Å². The minimum Gasteiger partial charge on any atom is -0.395 e. The van der Waals surface area contributed by atoms with Gasteiger partial charge >= 0.3 is 6.03 Å². The van der Waals surface area contributed by atoms with E-state index in [1.807, 2.05) is 12.1 Å². The first-order chi connectivity index (χ1) is 8.47. The Hall–Kier alpha value is -1.55. The highest BCUT2D eigenvalue weighted by molar-refractivity contribution is 5.73. The minimum absolute atomic E-state index is 0.0470. The third kappa shape index (κ3) is 4.04. The van der Waals surface area contributed by atoms with Gasteiger partial charge < -0.3 is 15.7 Å². The largest absolute Gasteiger partial charge is 0.395 e. The summed E-state index contributed by atoms with van der Waals surface area (Å²) in [5.74, 6) is 0. The first kappa shape index (κ1) is 14.5. The van der Waals surface area contributed by atoms with E-state index >= 15 is 0 Å². The summed E-state index contributed by atoms with van der Waals surface area (Å²) in [6, 6.07) is 7.93. The molecule has 0 aliphatic carbocycles. The standard InChI is InChI=1S/C14H22N2O2/c1-11-6-4-5-7-12(11)14(2,3)10-16-13(18)15-8-9-17/h4-7,17H,8-10H2,1-3H3,(H2,15,16,18). The van der Waals surface area contributed by atoms with Crippen LogP contribution < -0.4 is 10.6 Å². The molecule has 0 saturated heterocycles. The molecule has 0 aliphatic rings. The summed E-state index contributed by atoms with van der Waals surface area (Å²) in [4.78, 5) is 11.4. The molecule has 1 aromatic carbocycles. The molecule has 18 heavy (non-hydrogen) atoms. The van der Waals surface area contributed by atoms with Crippen molar-refractivity contribution >= 4 is 6.03 Å². The highest BCUT2D eigenvalue weighted by atomic mass is 16.3. The lowest BCUT2D eigenvalue weighted by Crippen LogP contribution is -2.43. The molecule has 0 radical (unpaired) electrons. The summed E-state index contributed by atoms with van der Waals surface area (Å²) < 4.78 is 0. The molecular weight excluding hydrogens is 228 g/mol. The van der Waals surface area contributed by atoms with Gasteiger partial charge in [-0.3, -0.25) is 0 Å². The number of rotatable bonds is 5. The van der Waals surface area contributed by atoms with E-state index in [-0.39, 0.29) is 24.6 Å². The summed E-state index contributed by atoms with van der Waals surface area (Å²) in [6.07, 6.45) is 0. The van der Waals surface area contributed by atoms with E-state index in [0.29, 0.717) is 6.54 Å². The maximum Gasteiger partial charge on any atom is 0.314 e. The van der Waals surface area contributed by atoms with Gasteiger partial charge in [0.25, 0.3) is 0 Å². The summed E-state index contributed by atoms with van der Waals surface area (Å²) in [7, 11) is 0. The second-order valence-electron chi connectivity index (χ2n) is 5.03. The smallest absolute Gasteiger partial charge is 0.314 e. The summed E-state index contributed by atoms with van der Waals surface area (Å²) in [5, 5.41) is 14.0. The van der Waals surface area contributed by atoms with Crippen LogP contribution in [0.1, 0.15) is 25.0 Å². The third-order valence-corrected chi connectivity index (χ3v) is 2.96. The molecule has 0 fully saturated rings. The van der Waals surface area contributed by atoms with Crippen LogP contribution in [0.25, 0.3) is 0 Å². The maximum absolute atomic E-state index is 11.4. The van der Waals surface area contributed by atoms with Gasteiger partial charge in [0.1, 0.15) is 0 Å². The summed E-state index contributed by atoms with van der Waals surface area (Å²) in [6.45, 7) is 7.05. The number of urea groups is 1. The average Bonchev–Trinajstić information content (AvgIpc) is 2.34. The van der Waals surface area contributed by atoms with E-state index in [4.69, 9.17) is 5.11 Å². The Bertz CT molecular complexity index is 403. The molecule has 4 nitrogen and oxygen atoms in total. The van der Waals surface area contributed by atoms with E-state index in [9.17, 15) is 4.79 Å².